The molecule has 0 unspecified atom stereocenters. The summed E-state index contributed by atoms with van der Waals surface area (Å²) in [4.78, 5) is 9.75. The quantitative estimate of drug-likeness (QED) is 0.684. The van der Waals surface area contributed by atoms with Crippen LogP contribution in [0.15, 0.2) is 31.8 Å². The number of aryl methyl sites for hydroxylation is 1. The summed E-state index contributed by atoms with van der Waals surface area (Å²) in [7, 11) is 0. The lowest BCUT2D eigenvalue weighted by atomic mass is 10.5. The number of thioether (sulfide) groups is 1. The maximum atomic E-state index is 5.22. The number of thiazole rings is 1. The van der Waals surface area contributed by atoms with Gasteiger partial charge in [0.15, 0.2) is 10.2 Å². The van der Waals surface area contributed by atoms with E-state index < -0.39 is 0 Å². The third-order valence-corrected chi connectivity index (χ3v) is 5.12. The summed E-state index contributed by atoms with van der Waals surface area (Å²) >= 11 is 4.87. The van der Waals surface area contributed by atoms with Crippen LogP contribution in [0.25, 0.3) is 10.8 Å². The molecule has 3 aromatic heterocycles. The van der Waals surface area contributed by atoms with E-state index in [1.54, 1.807) is 34.4 Å². The molecule has 0 saturated heterocycles. The molecule has 7 heteroatoms. The van der Waals surface area contributed by atoms with E-state index in [2.05, 4.69) is 15.1 Å². The highest BCUT2D eigenvalue weighted by molar-refractivity contribution is 8.00. The van der Waals surface area contributed by atoms with E-state index in [0.29, 0.717) is 17.5 Å². The van der Waals surface area contributed by atoms with Gasteiger partial charge in [0, 0.05) is 11.1 Å². The summed E-state index contributed by atoms with van der Waals surface area (Å²) in [6.07, 6.45) is 0. The van der Waals surface area contributed by atoms with Crippen LogP contribution in [0, 0.1) is 6.92 Å². The second-order valence-electron chi connectivity index (χ2n) is 3.54. The molecule has 92 valence electrons. The average Bonchev–Trinajstić information content (AvgIpc) is 3.07. The Kier molecular flexibility index (Phi) is 3.44. The smallest absolute Gasteiger partial charge is 0.268 e. The highest BCUT2D eigenvalue weighted by Crippen LogP contribution is 2.27. The molecule has 0 atom stereocenters. The summed E-state index contributed by atoms with van der Waals surface area (Å²) in [5, 5.41) is 8.00. The molecule has 0 aliphatic carbocycles. The van der Waals surface area contributed by atoms with Crippen LogP contribution in [0.2, 0.25) is 0 Å². The summed E-state index contributed by atoms with van der Waals surface area (Å²) < 4.78 is 6.26. The first-order chi connectivity index (χ1) is 8.81. The Balaban J connectivity index is 1.67. The topological polar surface area (TPSA) is 51.8 Å². The monoisotopic (exact) mass is 295 g/mol. The van der Waals surface area contributed by atoms with Gasteiger partial charge in [-0.2, -0.15) is 4.98 Å². The van der Waals surface area contributed by atoms with Crippen LogP contribution < -0.4 is 0 Å². The number of rotatable bonds is 4. The van der Waals surface area contributed by atoms with Gasteiger partial charge >= 0.3 is 0 Å². The molecule has 0 aliphatic heterocycles. The molecular weight excluding hydrogens is 286 g/mol. The molecule has 0 N–H and O–H groups in total. The van der Waals surface area contributed by atoms with E-state index in [1.165, 1.54) is 0 Å². The lowest BCUT2D eigenvalue weighted by Crippen LogP contribution is -1.83. The van der Waals surface area contributed by atoms with Crippen molar-refractivity contribution in [1.82, 2.24) is 15.1 Å². The second-order valence-corrected chi connectivity index (χ2v) is 6.56. The summed E-state index contributed by atoms with van der Waals surface area (Å²) in [5.74, 6) is 1.98. The third-order valence-electron chi connectivity index (χ3n) is 2.12. The summed E-state index contributed by atoms with van der Waals surface area (Å²) in [6.45, 7) is 1.99. The van der Waals surface area contributed by atoms with Crippen molar-refractivity contribution in [2.24, 2.45) is 0 Å². The van der Waals surface area contributed by atoms with Crippen LogP contribution in [0.5, 0.6) is 0 Å². The van der Waals surface area contributed by atoms with Crippen LogP contribution in [0.3, 0.4) is 0 Å². The van der Waals surface area contributed by atoms with E-state index in [0.717, 1.165) is 14.9 Å². The standard InChI is InChI=1S/C11H9N3OS3/c1-7-5-17-11(12-7)18-6-9-13-10(15-14-9)8-3-2-4-16-8/h2-5H,6H2,1H3. The van der Waals surface area contributed by atoms with Crippen molar-refractivity contribution in [2.75, 3.05) is 0 Å². The van der Waals surface area contributed by atoms with E-state index in [9.17, 15) is 0 Å². The van der Waals surface area contributed by atoms with E-state index >= 15 is 0 Å². The van der Waals surface area contributed by atoms with Crippen molar-refractivity contribution >= 4 is 34.4 Å². The second kappa shape index (κ2) is 5.21. The molecule has 3 rings (SSSR count). The van der Waals surface area contributed by atoms with Gasteiger partial charge in [-0.15, -0.1) is 22.7 Å². The molecule has 3 heterocycles. The Morgan fingerprint density at radius 3 is 3.00 bits per heavy atom. The molecule has 18 heavy (non-hydrogen) atoms. The zero-order chi connectivity index (χ0) is 12.4. The van der Waals surface area contributed by atoms with Gasteiger partial charge in [0.05, 0.1) is 10.6 Å². The van der Waals surface area contributed by atoms with E-state index in [-0.39, 0.29) is 0 Å². The van der Waals surface area contributed by atoms with Crippen LogP contribution in [0.1, 0.15) is 11.5 Å². The van der Waals surface area contributed by atoms with Crippen molar-refractivity contribution in [3.63, 3.8) is 0 Å². The van der Waals surface area contributed by atoms with Gasteiger partial charge in [0.2, 0.25) is 0 Å². The molecule has 0 radical (unpaired) electrons. The average molecular weight is 295 g/mol. The van der Waals surface area contributed by atoms with Crippen molar-refractivity contribution < 1.29 is 4.52 Å². The van der Waals surface area contributed by atoms with Crippen LogP contribution in [-0.4, -0.2) is 15.1 Å². The first-order valence-electron chi connectivity index (χ1n) is 5.22. The Morgan fingerprint density at radius 2 is 2.28 bits per heavy atom. The number of hydrogen-bond acceptors (Lipinski definition) is 7. The zero-order valence-corrected chi connectivity index (χ0v) is 11.9. The first-order valence-corrected chi connectivity index (χ1v) is 7.97. The number of aromatic nitrogens is 3. The Labute approximate surface area is 116 Å². The van der Waals surface area contributed by atoms with Gasteiger partial charge in [-0.25, -0.2) is 4.98 Å². The van der Waals surface area contributed by atoms with Gasteiger partial charge in [-0.05, 0) is 18.4 Å². The summed E-state index contributed by atoms with van der Waals surface area (Å²) in [6, 6.07) is 3.94. The fraction of sp³-hybridized carbons (Fsp3) is 0.182. The van der Waals surface area contributed by atoms with Crippen LogP contribution >= 0.6 is 34.4 Å². The highest BCUT2D eigenvalue weighted by atomic mass is 32.2. The predicted octanol–water partition coefficient (Wildman–Crippen LogP) is 3.86. The van der Waals surface area contributed by atoms with Crippen molar-refractivity contribution in [3.05, 3.63) is 34.4 Å². The lowest BCUT2D eigenvalue weighted by molar-refractivity contribution is 0.426. The maximum Gasteiger partial charge on any atom is 0.268 e. The predicted molar refractivity (Wildman–Crippen MR) is 74.0 cm³/mol. The SMILES string of the molecule is Cc1csc(SCc2noc(-c3cccs3)n2)n1. The molecule has 0 aromatic carbocycles. The summed E-state index contributed by atoms with van der Waals surface area (Å²) in [5.41, 5.74) is 1.05. The molecule has 3 aromatic rings. The largest absolute Gasteiger partial charge is 0.333 e. The normalized spacial score (nSPS) is 10.9. The third kappa shape index (κ3) is 2.63. The van der Waals surface area contributed by atoms with Crippen LogP contribution in [-0.2, 0) is 5.75 Å². The first kappa shape index (κ1) is 11.9. The molecule has 0 spiro atoms. The molecule has 0 bridgehead atoms. The zero-order valence-electron chi connectivity index (χ0n) is 9.49. The molecule has 0 amide bonds. The number of nitrogens with zero attached hydrogens (tertiary/aromatic N) is 3. The Hall–Kier alpha value is -1.18. The fourth-order valence-corrected chi connectivity index (χ4v) is 3.67. The highest BCUT2D eigenvalue weighted by Gasteiger charge is 2.10. The molecule has 0 fully saturated rings. The molecular formula is C11H9N3OS3. The van der Waals surface area contributed by atoms with Crippen molar-refractivity contribution in [2.45, 2.75) is 17.0 Å². The van der Waals surface area contributed by atoms with Crippen molar-refractivity contribution in [1.29, 1.82) is 0 Å². The molecule has 0 aliphatic rings. The minimum atomic E-state index is 0.593. The maximum absolute atomic E-state index is 5.22. The van der Waals surface area contributed by atoms with E-state index in [4.69, 9.17) is 4.52 Å². The fourth-order valence-electron chi connectivity index (χ4n) is 1.34. The van der Waals surface area contributed by atoms with Crippen LogP contribution in [0.4, 0.5) is 0 Å². The Morgan fingerprint density at radius 1 is 1.33 bits per heavy atom. The Bertz CT molecular complexity index is 630. The van der Waals surface area contributed by atoms with Gasteiger partial charge < -0.3 is 4.52 Å². The van der Waals surface area contributed by atoms with Gasteiger partial charge in [0.25, 0.3) is 5.89 Å². The lowest BCUT2D eigenvalue weighted by Gasteiger charge is -1.90. The van der Waals surface area contributed by atoms with Gasteiger partial charge in [0.1, 0.15) is 0 Å². The number of thiophene rings is 1. The molecule has 4 nitrogen and oxygen atoms in total. The van der Waals surface area contributed by atoms with Crippen molar-refractivity contribution in [3.8, 4) is 10.8 Å². The van der Waals surface area contributed by atoms with Gasteiger partial charge in [-0.1, -0.05) is 23.0 Å². The minimum Gasteiger partial charge on any atom is -0.333 e. The van der Waals surface area contributed by atoms with Gasteiger partial charge in [-0.3, -0.25) is 0 Å². The van der Waals surface area contributed by atoms with E-state index in [1.807, 2.05) is 29.8 Å². The number of hydrogen-bond donors (Lipinski definition) is 0. The molecule has 0 saturated carbocycles. The minimum absolute atomic E-state index is 0.593.